The summed E-state index contributed by atoms with van der Waals surface area (Å²) in [5, 5.41) is 24.2. The Labute approximate surface area is 162 Å². The van der Waals surface area contributed by atoms with Gasteiger partial charge >= 0.3 is 6.09 Å². The number of hydrogen-bond acceptors (Lipinski definition) is 5. The van der Waals surface area contributed by atoms with Crippen LogP contribution in [-0.4, -0.2) is 45.4 Å². The molecule has 7 nitrogen and oxygen atoms in total. The molecule has 2 heterocycles. The fraction of sp³-hybridized carbons (Fsp3) is 0.286. The molecule has 0 unspecified atom stereocenters. The zero-order valence-corrected chi connectivity index (χ0v) is 15.6. The minimum absolute atomic E-state index is 0.0594. The molecule has 1 amide bonds. The van der Waals surface area contributed by atoms with Crippen LogP contribution in [0.4, 0.5) is 10.6 Å². The Morgan fingerprint density at radius 1 is 1.14 bits per heavy atom. The minimum atomic E-state index is -1.03. The van der Waals surface area contributed by atoms with Gasteiger partial charge in [0, 0.05) is 11.4 Å². The molecular weight excluding hydrogens is 356 g/mol. The van der Waals surface area contributed by atoms with E-state index in [0.29, 0.717) is 28.1 Å². The van der Waals surface area contributed by atoms with E-state index in [2.05, 4.69) is 15.3 Å². The third-order valence-corrected chi connectivity index (χ3v) is 5.09. The number of aryl methyl sites for hydroxylation is 1. The highest BCUT2D eigenvalue weighted by Crippen LogP contribution is 2.33. The number of carbonyl (C=O) groups is 1. The van der Waals surface area contributed by atoms with Crippen LogP contribution in [0.2, 0.25) is 0 Å². The molecule has 0 spiro atoms. The fourth-order valence-electron chi connectivity index (χ4n) is 3.67. The van der Waals surface area contributed by atoms with E-state index in [1.165, 1.54) is 4.90 Å². The van der Waals surface area contributed by atoms with E-state index in [0.717, 1.165) is 31.5 Å². The van der Waals surface area contributed by atoms with Crippen LogP contribution in [0.5, 0.6) is 5.75 Å². The minimum Gasteiger partial charge on any atom is -0.507 e. The number of piperidine rings is 1. The van der Waals surface area contributed by atoms with Gasteiger partial charge < -0.3 is 15.5 Å². The highest BCUT2D eigenvalue weighted by molar-refractivity contribution is 5.99. The standard InChI is InChI=1S/C21H22N4O3/c1-13-6-7-15-17(12-13)23-19(16-4-2-3-5-18(16)26)24-20(15)25(21(27)28)14-8-10-22-11-9-14/h2-7,12,14,22,26H,8-11H2,1H3,(H,27,28). The number of rotatable bonds is 3. The number of phenols is 1. The number of amides is 1. The molecule has 7 heteroatoms. The number of carboxylic acid groups (broad SMARTS) is 1. The van der Waals surface area contributed by atoms with Crippen LogP contribution in [-0.2, 0) is 0 Å². The average Bonchev–Trinajstić information content (AvgIpc) is 2.68. The first-order valence-corrected chi connectivity index (χ1v) is 9.34. The van der Waals surface area contributed by atoms with Gasteiger partial charge in [0.05, 0.1) is 11.1 Å². The van der Waals surface area contributed by atoms with E-state index in [1.807, 2.05) is 25.1 Å². The predicted octanol–water partition coefficient (Wildman–Crippen LogP) is 3.55. The fourth-order valence-corrected chi connectivity index (χ4v) is 3.67. The molecule has 0 radical (unpaired) electrons. The molecule has 28 heavy (non-hydrogen) atoms. The predicted molar refractivity (Wildman–Crippen MR) is 108 cm³/mol. The van der Waals surface area contributed by atoms with Crippen molar-refractivity contribution in [1.82, 2.24) is 15.3 Å². The Balaban J connectivity index is 1.95. The molecule has 0 bridgehead atoms. The highest BCUT2D eigenvalue weighted by atomic mass is 16.4. The number of hydrogen-bond donors (Lipinski definition) is 3. The first-order valence-electron chi connectivity index (χ1n) is 9.34. The van der Waals surface area contributed by atoms with Gasteiger partial charge in [0.2, 0.25) is 0 Å². The number of benzene rings is 2. The molecule has 1 aromatic heterocycles. The first-order chi connectivity index (χ1) is 13.5. The molecule has 1 saturated heterocycles. The van der Waals surface area contributed by atoms with Gasteiger partial charge in [-0.2, -0.15) is 0 Å². The van der Waals surface area contributed by atoms with Gasteiger partial charge in [-0.15, -0.1) is 0 Å². The van der Waals surface area contributed by atoms with Gasteiger partial charge in [-0.25, -0.2) is 14.8 Å². The Kier molecular flexibility index (Phi) is 4.83. The van der Waals surface area contributed by atoms with Crippen LogP contribution in [0.1, 0.15) is 18.4 Å². The molecule has 1 fully saturated rings. The van der Waals surface area contributed by atoms with Gasteiger partial charge in [-0.3, -0.25) is 4.90 Å². The SMILES string of the molecule is Cc1ccc2c(N(C(=O)O)C3CCNCC3)nc(-c3ccccc3O)nc2c1. The Morgan fingerprint density at radius 2 is 1.89 bits per heavy atom. The van der Waals surface area contributed by atoms with Crippen LogP contribution < -0.4 is 10.2 Å². The summed E-state index contributed by atoms with van der Waals surface area (Å²) in [5.41, 5.74) is 2.15. The lowest BCUT2D eigenvalue weighted by molar-refractivity contribution is 0.196. The van der Waals surface area contributed by atoms with E-state index < -0.39 is 6.09 Å². The molecule has 4 rings (SSSR count). The van der Waals surface area contributed by atoms with Crippen LogP contribution in [0.25, 0.3) is 22.3 Å². The van der Waals surface area contributed by atoms with Crippen LogP contribution in [0, 0.1) is 6.92 Å². The second-order valence-corrected chi connectivity index (χ2v) is 7.04. The second-order valence-electron chi connectivity index (χ2n) is 7.04. The van der Waals surface area contributed by atoms with E-state index in [4.69, 9.17) is 0 Å². The smallest absolute Gasteiger partial charge is 0.413 e. The molecule has 2 aromatic carbocycles. The molecule has 0 aliphatic carbocycles. The van der Waals surface area contributed by atoms with Gasteiger partial charge in [0.15, 0.2) is 5.82 Å². The van der Waals surface area contributed by atoms with Gasteiger partial charge in [-0.05, 0) is 62.7 Å². The number of aromatic hydroxyl groups is 1. The van der Waals surface area contributed by atoms with Crippen molar-refractivity contribution in [3.05, 3.63) is 48.0 Å². The van der Waals surface area contributed by atoms with Gasteiger partial charge in [-0.1, -0.05) is 18.2 Å². The zero-order chi connectivity index (χ0) is 19.7. The topological polar surface area (TPSA) is 98.6 Å². The molecule has 0 saturated carbocycles. The summed E-state index contributed by atoms with van der Waals surface area (Å²) in [6.07, 6.45) is 0.404. The van der Waals surface area contributed by atoms with Gasteiger partial charge in [0.1, 0.15) is 11.6 Å². The number of anilines is 1. The van der Waals surface area contributed by atoms with Crippen LogP contribution in [0.15, 0.2) is 42.5 Å². The Bertz CT molecular complexity index is 1030. The summed E-state index contributed by atoms with van der Waals surface area (Å²) < 4.78 is 0. The number of para-hydroxylation sites is 1. The number of aromatic nitrogens is 2. The van der Waals surface area contributed by atoms with Crippen molar-refractivity contribution in [2.45, 2.75) is 25.8 Å². The molecule has 3 aromatic rings. The average molecular weight is 378 g/mol. The van der Waals surface area contributed by atoms with Crippen molar-refractivity contribution in [3.8, 4) is 17.1 Å². The van der Waals surface area contributed by atoms with Crippen molar-refractivity contribution in [1.29, 1.82) is 0 Å². The van der Waals surface area contributed by atoms with E-state index in [1.54, 1.807) is 24.3 Å². The Hall–Kier alpha value is -3.19. The largest absolute Gasteiger partial charge is 0.507 e. The van der Waals surface area contributed by atoms with Crippen LogP contribution >= 0.6 is 0 Å². The quantitative estimate of drug-likeness (QED) is 0.645. The number of phenolic OH excluding ortho intramolecular Hbond substituents is 1. The van der Waals surface area contributed by atoms with Crippen LogP contribution in [0.3, 0.4) is 0 Å². The second kappa shape index (κ2) is 7.44. The molecule has 3 N–H and O–H groups in total. The zero-order valence-electron chi connectivity index (χ0n) is 15.6. The number of fused-ring (bicyclic) bond motifs is 1. The lowest BCUT2D eigenvalue weighted by Gasteiger charge is -2.32. The van der Waals surface area contributed by atoms with Crippen molar-refractivity contribution >= 4 is 22.8 Å². The number of nitrogens with zero attached hydrogens (tertiary/aromatic N) is 3. The van der Waals surface area contributed by atoms with Crippen molar-refractivity contribution < 1.29 is 15.0 Å². The van der Waals surface area contributed by atoms with E-state index in [-0.39, 0.29) is 11.8 Å². The normalized spacial score (nSPS) is 14.9. The van der Waals surface area contributed by atoms with E-state index >= 15 is 0 Å². The van der Waals surface area contributed by atoms with Crippen molar-refractivity contribution in [2.75, 3.05) is 18.0 Å². The number of nitrogens with one attached hydrogen (secondary N) is 1. The molecule has 0 atom stereocenters. The maximum Gasteiger partial charge on any atom is 0.413 e. The summed E-state index contributed by atoms with van der Waals surface area (Å²) in [6.45, 7) is 3.49. The summed E-state index contributed by atoms with van der Waals surface area (Å²) in [7, 11) is 0. The highest BCUT2D eigenvalue weighted by Gasteiger charge is 2.30. The lowest BCUT2D eigenvalue weighted by atomic mass is 10.0. The first kappa shape index (κ1) is 18.2. The molecule has 144 valence electrons. The molecule has 1 aliphatic rings. The van der Waals surface area contributed by atoms with Gasteiger partial charge in [0.25, 0.3) is 0 Å². The summed E-state index contributed by atoms with van der Waals surface area (Å²) >= 11 is 0. The monoisotopic (exact) mass is 378 g/mol. The maximum absolute atomic E-state index is 12.2. The Morgan fingerprint density at radius 3 is 2.61 bits per heavy atom. The molecular formula is C21H22N4O3. The summed E-state index contributed by atoms with van der Waals surface area (Å²) in [6, 6.07) is 12.4. The third kappa shape index (κ3) is 3.36. The summed E-state index contributed by atoms with van der Waals surface area (Å²) in [5.74, 6) is 0.734. The molecule has 1 aliphatic heterocycles. The van der Waals surface area contributed by atoms with Crippen molar-refractivity contribution in [3.63, 3.8) is 0 Å². The third-order valence-electron chi connectivity index (χ3n) is 5.09. The summed E-state index contributed by atoms with van der Waals surface area (Å²) in [4.78, 5) is 22.8. The maximum atomic E-state index is 12.2. The van der Waals surface area contributed by atoms with Crippen molar-refractivity contribution in [2.24, 2.45) is 0 Å². The van der Waals surface area contributed by atoms with E-state index in [9.17, 15) is 15.0 Å². The lowest BCUT2D eigenvalue weighted by Crippen LogP contribution is -2.46.